The molecule has 1 heterocycles. The van der Waals surface area contributed by atoms with Gasteiger partial charge in [0.15, 0.2) is 0 Å². The number of hydrogen-bond acceptors (Lipinski definition) is 6. The number of methoxy groups -OCH3 is 2. The zero-order valence-corrected chi connectivity index (χ0v) is 18.1. The maximum absolute atomic E-state index is 13.0. The van der Waals surface area contributed by atoms with Crippen LogP contribution in [0, 0.1) is 0 Å². The van der Waals surface area contributed by atoms with Gasteiger partial charge in [0, 0.05) is 25.7 Å². The van der Waals surface area contributed by atoms with E-state index in [9.17, 15) is 16.8 Å². The van der Waals surface area contributed by atoms with E-state index in [2.05, 4.69) is 0 Å². The second kappa shape index (κ2) is 8.31. The van der Waals surface area contributed by atoms with Gasteiger partial charge in [0.25, 0.3) is 0 Å². The summed E-state index contributed by atoms with van der Waals surface area (Å²) in [5.41, 5.74) is 0. The molecule has 0 aromatic heterocycles. The fourth-order valence-electron chi connectivity index (χ4n) is 3.26. The molecule has 1 aliphatic rings. The van der Waals surface area contributed by atoms with Crippen molar-refractivity contribution in [3.63, 3.8) is 0 Å². The lowest BCUT2D eigenvalue weighted by molar-refractivity contribution is 0.212. The first kappa shape index (κ1) is 21.6. The summed E-state index contributed by atoms with van der Waals surface area (Å²) < 4.78 is 64.7. The predicted octanol–water partition coefficient (Wildman–Crippen LogP) is 1.79. The molecule has 8 nitrogen and oxygen atoms in total. The Balaban J connectivity index is 1.78. The molecule has 10 heteroatoms. The minimum atomic E-state index is -3.74. The Bertz CT molecular complexity index is 1050. The van der Waals surface area contributed by atoms with Gasteiger partial charge in [0.1, 0.15) is 11.5 Å². The predicted molar refractivity (Wildman–Crippen MR) is 108 cm³/mol. The van der Waals surface area contributed by atoms with Crippen LogP contribution in [0.2, 0.25) is 0 Å². The van der Waals surface area contributed by atoms with Crippen LogP contribution in [0.15, 0.2) is 58.3 Å². The summed E-state index contributed by atoms with van der Waals surface area (Å²) in [5, 5.41) is 0. The molecule has 0 radical (unpaired) electrons. The topological polar surface area (TPSA) is 93.2 Å². The van der Waals surface area contributed by atoms with Gasteiger partial charge in [-0.1, -0.05) is 0 Å². The maximum atomic E-state index is 13.0. The largest absolute Gasteiger partial charge is 0.497 e. The molecule has 0 spiro atoms. The molecule has 1 saturated heterocycles. The SMILES string of the molecule is COc1ccc(S(=O)(=O)N2CCN(S(=O)(=O)c3ccc(OC)cc3)C(C)C2)cc1. The van der Waals surface area contributed by atoms with Crippen LogP contribution >= 0.6 is 0 Å². The van der Waals surface area contributed by atoms with Crippen molar-refractivity contribution in [2.24, 2.45) is 0 Å². The Labute approximate surface area is 171 Å². The van der Waals surface area contributed by atoms with Crippen LogP contribution in [0.25, 0.3) is 0 Å². The highest BCUT2D eigenvalue weighted by molar-refractivity contribution is 7.89. The number of nitrogens with zero attached hydrogens (tertiary/aromatic N) is 2. The molecule has 3 rings (SSSR count). The number of sulfonamides is 2. The highest BCUT2D eigenvalue weighted by Crippen LogP contribution is 2.26. The number of hydrogen-bond donors (Lipinski definition) is 0. The van der Waals surface area contributed by atoms with Crippen molar-refractivity contribution in [1.82, 2.24) is 8.61 Å². The molecule has 0 amide bonds. The van der Waals surface area contributed by atoms with Gasteiger partial charge in [-0.05, 0) is 55.5 Å². The van der Waals surface area contributed by atoms with E-state index in [0.717, 1.165) is 0 Å². The number of benzene rings is 2. The fourth-order valence-corrected chi connectivity index (χ4v) is 6.39. The van der Waals surface area contributed by atoms with Crippen LogP contribution in [0.1, 0.15) is 6.92 Å². The van der Waals surface area contributed by atoms with E-state index in [0.29, 0.717) is 11.5 Å². The molecular weight excluding hydrogens is 416 g/mol. The van der Waals surface area contributed by atoms with Crippen molar-refractivity contribution in [2.75, 3.05) is 33.9 Å². The standard InChI is InChI=1S/C19H24N2O6S2/c1-15-14-20(28(22,23)18-8-4-16(26-2)5-9-18)12-13-21(15)29(24,25)19-10-6-17(27-3)7-11-19/h4-11,15H,12-14H2,1-3H3. The van der Waals surface area contributed by atoms with Crippen molar-refractivity contribution in [1.29, 1.82) is 0 Å². The molecule has 2 aromatic rings. The second-order valence-electron chi connectivity index (χ2n) is 6.68. The van der Waals surface area contributed by atoms with Gasteiger partial charge >= 0.3 is 0 Å². The van der Waals surface area contributed by atoms with Crippen LogP contribution in [0.3, 0.4) is 0 Å². The highest BCUT2D eigenvalue weighted by Gasteiger charge is 2.38. The highest BCUT2D eigenvalue weighted by atomic mass is 32.2. The average Bonchev–Trinajstić information content (AvgIpc) is 2.73. The fraction of sp³-hybridized carbons (Fsp3) is 0.368. The van der Waals surface area contributed by atoms with E-state index in [1.54, 1.807) is 31.2 Å². The van der Waals surface area contributed by atoms with Crippen LogP contribution in [-0.4, -0.2) is 65.3 Å². The molecule has 29 heavy (non-hydrogen) atoms. The molecule has 0 saturated carbocycles. The zero-order chi connectivity index (χ0) is 21.2. The number of piperazine rings is 1. The lowest BCUT2D eigenvalue weighted by atomic mass is 10.3. The van der Waals surface area contributed by atoms with Gasteiger partial charge in [0.2, 0.25) is 20.0 Å². The molecule has 1 aliphatic heterocycles. The van der Waals surface area contributed by atoms with Gasteiger partial charge in [-0.15, -0.1) is 0 Å². The molecule has 0 aliphatic carbocycles. The van der Waals surface area contributed by atoms with Gasteiger partial charge in [0.05, 0.1) is 24.0 Å². The molecule has 0 N–H and O–H groups in total. The zero-order valence-electron chi connectivity index (χ0n) is 16.5. The molecule has 1 atom stereocenters. The quantitative estimate of drug-likeness (QED) is 0.680. The Morgan fingerprint density at radius 3 is 1.62 bits per heavy atom. The lowest BCUT2D eigenvalue weighted by Crippen LogP contribution is -2.55. The summed E-state index contributed by atoms with van der Waals surface area (Å²) in [5.74, 6) is 1.13. The number of ether oxygens (including phenoxy) is 2. The van der Waals surface area contributed by atoms with E-state index in [-0.39, 0.29) is 29.4 Å². The smallest absolute Gasteiger partial charge is 0.243 e. The third-order valence-electron chi connectivity index (χ3n) is 4.89. The van der Waals surface area contributed by atoms with Crippen molar-refractivity contribution < 1.29 is 26.3 Å². The van der Waals surface area contributed by atoms with Crippen LogP contribution in [0.5, 0.6) is 11.5 Å². The Morgan fingerprint density at radius 2 is 1.21 bits per heavy atom. The molecule has 1 unspecified atom stereocenters. The summed E-state index contributed by atoms with van der Waals surface area (Å²) in [6.45, 7) is 1.93. The third kappa shape index (κ3) is 4.25. The van der Waals surface area contributed by atoms with Crippen LogP contribution in [0.4, 0.5) is 0 Å². The van der Waals surface area contributed by atoms with Gasteiger partial charge in [-0.25, -0.2) is 16.8 Å². The first-order valence-corrected chi connectivity index (χ1v) is 11.9. The lowest BCUT2D eigenvalue weighted by Gasteiger charge is -2.38. The van der Waals surface area contributed by atoms with E-state index in [4.69, 9.17) is 9.47 Å². The number of rotatable bonds is 6. The Hall–Kier alpha value is -2.14. The second-order valence-corrected chi connectivity index (χ2v) is 10.5. The molecular formula is C19H24N2O6S2. The van der Waals surface area contributed by atoms with Gasteiger partial charge in [-0.2, -0.15) is 8.61 Å². The molecule has 158 valence electrons. The summed E-state index contributed by atoms with van der Waals surface area (Å²) in [4.78, 5) is 0.300. The van der Waals surface area contributed by atoms with Crippen LogP contribution < -0.4 is 9.47 Å². The summed E-state index contributed by atoms with van der Waals surface area (Å²) in [6.07, 6.45) is 0. The third-order valence-corrected chi connectivity index (χ3v) is 8.80. The van der Waals surface area contributed by atoms with Crippen LogP contribution in [-0.2, 0) is 20.0 Å². The van der Waals surface area contributed by atoms with Crippen molar-refractivity contribution in [3.8, 4) is 11.5 Å². The van der Waals surface area contributed by atoms with Gasteiger partial charge in [-0.3, -0.25) is 0 Å². The molecule has 0 bridgehead atoms. The normalized spacial score (nSPS) is 19.1. The van der Waals surface area contributed by atoms with Crippen molar-refractivity contribution in [2.45, 2.75) is 22.8 Å². The first-order valence-electron chi connectivity index (χ1n) is 9.00. The Kier molecular flexibility index (Phi) is 6.18. The Morgan fingerprint density at radius 1 is 0.759 bits per heavy atom. The van der Waals surface area contributed by atoms with E-state index in [1.807, 2.05) is 0 Å². The average molecular weight is 441 g/mol. The summed E-state index contributed by atoms with van der Waals surface area (Å²) in [6, 6.07) is 11.8. The minimum Gasteiger partial charge on any atom is -0.497 e. The minimum absolute atomic E-state index is 0.0732. The van der Waals surface area contributed by atoms with Crippen molar-refractivity contribution in [3.05, 3.63) is 48.5 Å². The van der Waals surface area contributed by atoms with Crippen molar-refractivity contribution >= 4 is 20.0 Å². The molecule has 1 fully saturated rings. The monoisotopic (exact) mass is 440 g/mol. The van der Waals surface area contributed by atoms with E-state index < -0.39 is 26.1 Å². The van der Waals surface area contributed by atoms with E-state index >= 15 is 0 Å². The summed E-state index contributed by atoms with van der Waals surface area (Å²) in [7, 11) is -4.45. The molecule has 2 aromatic carbocycles. The summed E-state index contributed by atoms with van der Waals surface area (Å²) >= 11 is 0. The maximum Gasteiger partial charge on any atom is 0.243 e. The first-order chi connectivity index (χ1) is 13.7. The van der Waals surface area contributed by atoms with E-state index in [1.165, 1.54) is 47.1 Å². The van der Waals surface area contributed by atoms with Gasteiger partial charge < -0.3 is 9.47 Å².